The third-order valence-corrected chi connectivity index (χ3v) is 3.20. The monoisotopic (exact) mass is 301 g/mol. The van der Waals surface area contributed by atoms with Gasteiger partial charge in [-0.3, -0.25) is 19.8 Å². The number of hydrogen-bond acceptors (Lipinski definition) is 6. The lowest BCUT2D eigenvalue weighted by Crippen LogP contribution is -2.46. The number of likely N-dealkylation sites (tertiary alicyclic amines) is 1. The molecule has 0 spiro atoms. The normalized spacial score (nSPS) is 19.0. The molecule has 1 atom stereocenters. The van der Waals surface area contributed by atoms with Gasteiger partial charge in [-0.25, -0.2) is 4.79 Å². The highest BCUT2D eigenvalue weighted by molar-refractivity contribution is 5.92. The van der Waals surface area contributed by atoms with Crippen molar-refractivity contribution in [1.82, 2.24) is 15.5 Å². The molecule has 3 N–H and O–H groups in total. The van der Waals surface area contributed by atoms with E-state index in [1.807, 2.05) is 4.90 Å². The number of aliphatic carboxylic acids is 1. The lowest BCUT2D eigenvalue weighted by atomic mass is 9.98. The Morgan fingerprint density at radius 1 is 1.38 bits per heavy atom. The molecule has 21 heavy (non-hydrogen) atoms. The summed E-state index contributed by atoms with van der Waals surface area (Å²) < 4.78 is 4.64. The molecule has 0 aromatic heterocycles. The van der Waals surface area contributed by atoms with Gasteiger partial charge in [-0.1, -0.05) is 0 Å². The Labute approximate surface area is 123 Å². The average molecular weight is 301 g/mol. The lowest BCUT2D eigenvalue weighted by molar-refractivity contribution is -0.136. The highest BCUT2D eigenvalue weighted by Crippen LogP contribution is 2.15. The molecule has 1 rings (SSSR count). The third-order valence-electron chi connectivity index (χ3n) is 3.20. The van der Waals surface area contributed by atoms with Gasteiger partial charge in [0.2, 0.25) is 5.91 Å². The molecule has 1 aliphatic rings. The van der Waals surface area contributed by atoms with Crippen LogP contribution in [0.5, 0.6) is 0 Å². The van der Waals surface area contributed by atoms with Crippen LogP contribution < -0.4 is 10.6 Å². The highest BCUT2D eigenvalue weighted by Gasteiger charge is 2.22. The van der Waals surface area contributed by atoms with E-state index in [1.165, 1.54) is 0 Å². The number of hydrogen-bond donors (Lipinski definition) is 3. The SMILES string of the molecule is CCOC(=O)NC(=O)CN1CCCC(CNCC(=O)O)C1. The van der Waals surface area contributed by atoms with Crippen molar-refractivity contribution < 1.29 is 24.2 Å². The molecule has 8 heteroatoms. The minimum atomic E-state index is -0.878. The van der Waals surface area contributed by atoms with Crippen LogP contribution in [-0.2, 0) is 14.3 Å². The van der Waals surface area contributed by atoms with Crippen LogP contribution in [0.15, 0.2) is 0 Å². The molecule has 0 aromatic carbocycles. The van der Waals surface area contributed by atoms with E-state index in [-0.39, 0.29) is 25.6 Å². The van der Waals surface area contributed by atoms with Crippen LogP contribution in [0.1, 0.15) is 19.8 Å². The summed E-state index contributed by atoms with van der Waals surface area (Å²) in [5, 5.41) is 13.6. The van der Waals surface area contributed by atoms with Gasteiger partial charge in [-0.05, 0) is 38.8 Å². The first-order valence-corrected chi connectivity index (χ1v) is 7.12. The van der Waals surface area contributed by atoms with E-state index in [0.29, 0.717) is 19.0 Å². The van der Waals surface area contributed by atoms with Crippen LogP contribution in [0.25, 0.3) is 0 Å². The highest BCUT2D eigenvalue weighted by atomic mass is 16.5. The van der Waals surface area contributed by atoms with Crippen LogP contribution in [0.4, 0.5) is 4.79 Å². The number of carbonyl (C=O) groups is 3. The number of amides is 2. The Morgan fingerprint density at radius 2 is 2.14 bits per heavy atom. The molecule has 2 amide bonds. The van der Waals surface area contributed by atoms with E-state index in [1.54, 1.807) is 6.92 Å². The number of carboxylic acids is 1. The van der Waals surface area contributed by atoms with Gasteiger partial charge in [0.15, 0.2) is 0 Å². The summed E-state index contributed by atoms with van der Waals surface area (Å²) in [4.78, 5) is 35.2. The molecule has 0 bridgehead atoms. The maximum Gasteiger partial charge on any atom is 0.413 e. The first-order chi connectivity index (χ1) is 10.0. The average Bonchev–Trinajstić information content (AvgIpc) is 2.38. The molecule has 0 aliphatic carbocycles. The zero-order chi connectivity index (χ0) is 15.7. The summed E-state index contributed by atoms with van der Waals surface area (Å²) in [6, 6.07) is 0. The molecule has 0 radical (unpaired) electrons. The van der Waals surface area contributed by atoms with Crippen molar-refractivity contribution >= 4 is 18.0 Å². The molecule has 1 unspecified atom stereocenters. The molecular weight excluding hydrogens is 278 g/mol. The summed E-state index contributed by atoms with van der Waals surface area (Å²) >= 11 is 0. The minimum Gasteiger partial charge on any atom is -0.480 e. The van der Waals surface area contributed by atoms with E-state index in [9.17, 15) is 14.4 Å². The molecule has 0 aromatic rings. The maximum atomic E-state index is 11.7. The number of alkyl carbamates (subject to hydrolysis) is 1. The Hall–Kier alpha value is -1.67. The topological polar surface area (TPSA) is 108 Å². The van der Waals surface area contributed by atoms with E-state index in [0.717, 1.165) is 19.4 Å². The van der Waals surface area contributed by atoms with Crippen molar-refractivity contribution in [3.05, 3.63) is 0 Å². The van der Waals surface area contributed by atoms with Crippen LogP contribution in [0.2, 0.25) is 0 Å². The van der Waals surface area contributed by atoms with E-state index in [4.69, 9.17) is 5.11 Å². The molecule has 1 aliphatic heterocycles. The van der Waals surface area contributed by atoms with E-state index in [2.05, 4.69) is 15.4 Å². The van der Waals surface area contributed by atoms with Crippen molar-refractivity contribution in [2.45, 2.75) is 19.8 Å². The zero-order valence-electron chi connectivity index (χ0n) is 12.3. The number of rotatable bonds is 7. The molecule has 1 heterocycles. The molecule has 120 valence electrons. The summed E-state index contributed by atoms with van der Waals surface area (Å²) in [5.41, 5.74) is 0. The van der Waals surface area contributed by atoms with Gasteiger partial charge in [0, 0.05) is 6.54 Å². The summed E-state index contributed by atoms with van der Waals surface area (Å²) in [5.74, 6) is -0.947. The van der Waals surface area contributed by atoms with Crippen LogP contribution in [-0.4, -0.2) is 67.3 Å². The largest absolute Gasteiger partial charge is 0.480 e. The number of piperidine rings is 1. The van der Waals surface area contributed by atoms with Crippen molar-refractivity contribution in [1.29, 1.82) is 0 Å². The Bertz CT molecular complexity index is 375. The van der Waals surface area contributed by atoms with E-state index >= 15 is 0 Å². The standard InChI is InChI=1S/C13H23N3O5/c1-2-21-13(20)15-11(17)9-16-5-3-4-10(8-16)6-14-7-12(18)19/h10,14H,2-9H2,1H3,(H,18,19)(H,15,17,20). The number of imide groups is 1. The number of nitrogens with one attached hydrogen (secondary N) is 2. The molecule has 1 saturated heterocycles. The molecule has 0 saturated carbocycles. The van der Waals surface area contributed by atoms with Crippen molar-refractivity contribution in [3.63, 3.8) is 0 Å². The second-order valence-corrected chi connectivity index (χ2v) is 5.04. The van der Waals surface area contributed by atoms with Crippen molar-refractivity contribution in [2.75, 3.05) is 39.3 Å². The zero-order valence-corrected chi connectivity index (χ0v) is 12.3. The van der Waals surface area contributed by atoms with Crippen LogP contribution in [0, 0.1) is 5.92 Å². The van der Waals surface area contributed by atoms with Gasteiger partial charge in [-0.2, -0.15) is 0 Å². The smallest absolute Gasteiger partial charge is 0.413 e. The predicted octanol–water partition coefficient (Wildman–Crippen LogP) is -0.355. The summed E-state index contributed by atoms with van der Waals surface area (Å²) in [6.45, 7) is 4.11. The van der Waals surface area contributed by atoms with Gasteiger partial charge in [0.1, 0.15) is 0 Å². The van der Waals surface area contributed by atoms with Gasteiger partial charge in [0.25, 0.3) is 0 Å². The maximum absolute atomic E-state index is 11.7. The summed E-state index contributed by atoms with van der Waals surface area (Å²) in [7, 11) is 0. The second-order valence-electron chi connectivity index (χ2n) is 5.04. The minimum absolute atomic E-state index is 0.0557. The molecular formula is C13H23N3O5. The van der Waals surface area contributed by atoms with E-state index < -0.39 is 12.1 Å². The Kier molecular flexibility index (Phi) is 7.70. The fraction of sp³-hybridized carbons (Fsp3) is 0.769. The number of ether oxygens (including phenoxy) is 1. The molecule has 1 fully saturated rings. The number of carbonyl (C=O) groups excluding carboxylic acids is 2. The fourth-order valence-corrected chi connectivity index (χ4v) is 2.37. The lowest BCUT2D eigenvalue weighted by Gasteiger charge is -2.32. The second kappa shape index (κ2) is 9.30. The van der Waals surface area contributed by atoms with Crippen LogP contribution >= 0.6 is 0 Å². The van der Waals surface area contributed by atoms with Gasteiger partial charge >= 0.3 is 12.1 Å². The number of carboxylic acid groups (broad SMARTS) is 1. The van der Waals surface area contributed by atoms with Gasteiger partial charge < -0.3 is 15.2 Å². The Morgan fingerprint density at radius 3 is 2.81 bits per heavy atom. The van der Waals surface area contributed by atoms with Gasteiger partial charge in [-0.15, -0.1) is 0 Å². The quantitative estimate of drug-likeness (QED) is 0.589. The van der Waals surface area contributed by atoms with Crippen LogP contribution in [0.3, 0.4) is 0 Å². The molecule has 8 nitrogen and oxygen atoms in total. The number of nitrogens with zero attached hydrogens (tertiary/aromatic N) is 1. The van der Waals surface area contributed by atoms with Crippen molar-refractivity contribution in [2.24, 2.45) is 5.92 Å². The predicted molar refractivity (Wildman–Crippen MR) is 74.8 cm³/mol. The Balaban J connectivity index is 2.27. The third kappa shape index (κ3) is 7.62. The fourth-order valence-electron chi connectivity index (χ4n) is 2.37. The first kappa shape index (κ1) is 17.4. The summed E-state index contributed by atoms with van der Waals surface area (Å²) in [6.07, 6.45) is 1.23. The van der Waals surface area contributed by atoms with Crippen molar-refractivity contribution in [3.8, 4) is 0 Å². The van der Waals surface area contributed by atoms with Gasteiger partial charge in [0.05, 0.1) is 19.7 Å². The first-order valence-electron chi connectivity index (χ1n) is 7.12.